The SMILES string of the molecule is COc1ccccc1-n1nnnc1SCC(=O)Nc1ccc(C(F)(F)F)cc1. The molecule has 1 amide bonds. The van der Waals surface area contributed by atoms with Crippen LogP contribution in [0, 0.1) is 0 Å². The second kappa shape index (κ2) is 8.30. The minimum atomic E-state index is -4.42. The molecule has 1 heterocycles. The van der Waals surface area contributed by atoms with Crippen LogP contribution in [-0.2, 0) is 11.0 Å². The van der Waals surface area contributed by atoms with Crippen molar-refractivity contribution < 1.29 is 22.7 Å². The highest BCUT2D eigenvalue weighted by Crippen LogP contribution is 2.30. The zero-order valence-electron chi connectivity index (χ0n) is 14.5. The van der Waals surface area contributed by atoms with E-state index in [4.69, 9.17) is 4.74 Å². The fraction of sp³-hybridized carbons (Fsp3) is 0.176. The number of methoxy groups -OCH3 is 1. The molecule has 0 radical (unpaired) electrons. The monoisotopic (exact) mass is 409 g/mol. The smallest absolute Gasteiger partial charge is 0.416 e. The molecule has 0 unspecified atom stereocenters. The molecule has 1 N–H and O–H groups in total. The number of hydrogen-bond acceptors (Lipinski definition) is 6. The number of ether oxygens (including phenoxy) is 1. The topological polar surface area (TPSA) is 81.9 Å². The molecule has 0 bridgehead atoms. The van der Waals surface area contributed by atoms with E-state index in [9.17, 15) is 18.0 Å². The van der Waals surface area contributed by atoms with Crippen LogP contribution in [0.25, 0.3) is 5.69 Å². The fourth-order valence-electron chi connectivity index (χ4n) is 2.29. The van der Waals surface area contributed by atoms with Crippen molar-refractivity contribution in [3.63, 3.8) is 0 Å². The molecule has 0 fully saturated rings. The first-order valence-corrected chi connectivity index (χ1v) is 8.88. The molecule has 0 aliphatic rings. The lowest BCUT2D eigenvalue weighted by molar-refractivity contribution is -0.137. The van der Waals surface area contributed by atoms with Crippen LogP contribution in [0.4, 0.5) is 18.9 Å². The Balaban J connectivity index is 1.64. The number of thioether (sulfide) groups is 1. The van der Waals surface area contributed by atoms with Gasteiger partial charge in [0.1, 0.15) is 11.4 Å². The minimum absolute atomic E-state index is 0.0312. The summed E-state index contributed by atoms with van der Waals surface area (Å²) in [7, 11) is 1.52. The quantitative estimate of drug-likeness (QED) is 0.629. The number of halogens is 3. The maximum atomic E-state index is 12.6. The Morgan fingerprint density at radius 2 is 1.89 bits per heavy atom. The molecule has 0 spiro atoms. The highest BCUT2D eigenvalue weighted by molar-refractivity contribution is 7.99. The molecule has 11 heteroatoms. The van der Waals surface area contributed by atoms with Gasteiger partial charge < -0.3 is 10.1 Å². The average molecular weight is 409 g/mol. The van der Waals surface area contributed by atoms with Crippen molar-refractivity contribution in [2.45, 2.75) is 11.3 Å². The van der Waals surface area contributed by atoms with Gasteiger partial charge >= 0.3 is 6.18 Å². The first-order chi connectivity index (χ1) is 13.4. The summed E-state index contributed by atoms with van der Waals surface area (Å²) in [5.41, 5.74) is 0.0967. The number of carbonyl (C=O) groups is 1. The predicted molar refractivity (Wildman–Crippen MR) is 96.5 cm³/mol. The van der Waals surface area contributed by atoms with Gasteiger partial charge in [-0.25, -0.2) is 0 Å². The highest BCUT2D eigenvalue weighted by Gasteiger charge is 2.30. The summed E-state index contributed by atoms with van der Waals surface area (Å²) in [5.74, 6) is 0.126. The molecular weight excluding hydrogens is 395 g/mol. The lowest BCUT2D eigenvalue weighted by Crippen LogP contribution is -2.15. The number of amides is 1. The van der Waals surface area contributed by atoms with E-state index in [0.29, 0.717) is 16.6 Å². The molecule has 28 heavy (non-hydrogen) atoms. The van der Waals surface area contributed by atoms with Gasteiger partial charge in [0.2, 0.25) is 11.1 Å². The summed E-state index contributed by atoms with van der Waals surface area (Å²) in [5, 5.41) is 14.3. The Kier molecular flexibility index (Phi) is 5.83. The Hall–Kier alpha value is -3.08. The molecule has 0 saturated heterocycles. The van der Waals surface area contributed by atoms with Gasteiger partial charge in [-0.05, 0) is 46.8 Å². The third kappa shape index (κ3) is 4.60. The molecule has 2 aromatic carbocycles. The van der Waals surface area contributed by atoms with Crippen molar-refractivity contribution in [2.75, 3.05) is 18.2 Å². The van der Waals surface area contributed by atoms with Crippen molar-refractivity contribution in [2.24, 2.45) is 0 Å². The second-order valence-corrected chi connectivity index (χ2v) is 6.40. The lowest BCUT2D eigenvalue weighted by Gasteiger charge is -2.10. The number of carbonyl (C=O) groups excluding carboxylic acids is 1. The Bertz CT molecular complexity index is 960. The molecular formula is C17H14F3N5O2S. The average Bonchev–Trinajstić information content (AvgIpc) is 3.14. The summed E-state index contributed by atoms with van der Waals surface area (Å²) in [6.45, 7) is 0. The number of benzene rings is 2. The zero-order valence-corrected chi connectivity index (χ0v) is 15.3. The second-order valence-electron chi connectivity index (χ2n) is 5.46. The van der Waals surface area contributed by atoms with Gasteiger partial charge in [-0.15, -0.1) is 5.10 Å². The minimum Gasteiger partial charge on any atom is -0.494 e. The van der Waals surface area contributed by atoms with E-state index < -0.39 is 17.6 Å². The number of hydrogen-bond donors (Lipinski definition) is 1. The maximum Gasteiger partial charge on any atom is 0.416 e. The number of alkyl halides is 3. The highest BCUT2D eigenvalue weighted by atomic mass is 32.2. The number of anilines is 1. The zero-order chi connectivity index (χ0) is 20.1. The van der Waals surface area contributed by atoms with E-state index in [1.54, 1.807) is 24.3 Å². The van der Waals surface area contributed by atoms with E-state index in [1.165, 1.54) is 23.9 Å². The van der Waals surface area contributed by atoms with Crippen molar-refractivity contribution in [1.29, 1.82) is 0 Å². The molecule has 0 aliphatic heterocycles. The van der Waals surface area contributed by atoms with Crippen molar-refractivity contribution in [3.05, 3.63) is 54.1 Å². The normalized spacial score (nSPS) is 11.3. The summed E-state index contributed by atoms with van der Waals surface area (Å²) < 4.78 is 44.4. The third-order valence-electron chi connectivity index (χ3n) is 3.58. The van der Waals surface area contributed by atoms with Crippen molar-refractivity contribution >= 4 is 23.4 Å². The first-order valence-electron chi connectivity index (χ1n) is 7.90. The molecule has 146 valence electrons. The fourth-order valence-corrected chi connectivity index (χ4v) is 2.98. The largest absolute Gasteiger partial charge is 0.494 e. The van der Waals surface area contributed by atoms with Crippen LogP contribution in [0.3, 0.4) is 0 Å². The van der Waals surface area contributed by atoms with E-state index >= 15 is 0 Å². The predicted octanol–water partition coefficient (Wildman–Crippen LogP) is 3.42. The molecule has 1 aromatic heterocycles. The van der Waals surface area contributed by atoms with Gasteiger partial charge in [-0.1, -0.05) is 23.9 Å². The van der Waals surface area contributed by atoms with E-state index in [-0.39, 0.29) is 11.4 Å². The van der Waals surface area contributed by atoms with Crippen LogP contribution in [0.2, 0.25) is 0 Å². The van der Waals surface area contributed by atoms with Crippen LogP contribution in [0.15, 0.2) is 53.7 Å². The van der Waals surface area contributed by atoms with E-state index in [0.717, 1.165) is 23.9 Å². The summed E-state index contributed by atoms with van der Waals surface area (Å²) in [4.78, 5) is 12.1. The lowest BCUT2D eigenvalue weighted by atomic mass is 10.2. The van der Waals surface area contributed by atoms with Crippen LogP contribution >= 0.6 is 11.8 Å². The Labute approximate surface area is 161 Å². The molecule has 3 aromatic rings. The number of rotatable bonds is 6. The number of tetrazole rings is 1. The third-order valence-corrected chi connectivity index (χ3v) is 4.50. The van der Waals surface area contributed by atoms with Gasteiger partial charge in [0.05, 0.1) is 18.4 Å². The number of aromatic nitrogens is 4. The maximum absolute atomic E-state index is 12.6. The van der Waals surface area contributed by atoms with E-state index in [2.05, 4.69) is 20.8 Å². The molecule has 0 aliphatic carbocycles. The Morgan fingerprint density at radius 3 is 2.57 bits per heavy atom. The van der Waals surface area contributed by atoms with Crippen molar-refractivity contribution in [3.8, 4) is 11.4 Å². The van der Waals surface area contributed by atoms with Gasteiger partial charge in [-0.2, -0.15) is 17.9 Å². The standard InChI is InChI=1S/C17H14F3N5O2S/c1-27-14-5-3-2-4-13(14)25-16(22-23-24-25)28-10-15(26)21-12-8-6-11(7-9-12)17(18,19)20/h2-9H,10H2,1H3,(H,21,26). The Morgan fingerprint density at radius 1 is 1.18 bits per heavy atom. The van der Waals surface area contributed by atoms with Crippen LogP contribution in [0.5, 0.6) is 5.75 Å². The number of nitrogens with one attached hydrogen (secondary N) is 1. The number of para-hydroxylation sites is 2. The summed E-state index contributed by atoms with van der Waals surface area (Å²) in [6.07, 6.45) is -4.42. The van der Waals surface area contributed by atoms with Crippen molar-refractivity contribution in [1.82, 2.24) is 20.2 Å². The number of nitrogens with zero attached hydrogens (tertiary/aromatic N) is 4. The van der Waals surface area contributed by atoms with Gasteiger partial charge in [0.25, 0.3) is 0 Å². The molecule has 0 saturated carbocycles. The van der Waals surface area contributed by atoms with Gasteiger partial charge in [0, 0.05) is 5.69 Å². The first kappa shape index (κ1) is 19.7. The van der Waals surface area contributed by atoms with Crippen LogP contribution < -0.4 is 10.1 Å². The van der Waals surface area contributed by atoms with Gasteiger partial charge in [0.15, 0.2) is 0 Å². The van der Waals surface area contributed by atoms with E-state index in [1.807, 2.05) is 0 Å². The summed E-state index contributed by atoms with van der Waals surface area (Å²) >= 11 is 1.08. The molecule has 0 atom stereocenters. The summed E-state index contributed by atoms with van der Waals surface area (Å²) in [6, 6.07) is 11.3. The molecule has 3 rings (SSSR count). The van der Waals surface area contributed by atoms with Gasteiger partial charge in [-0.3, -0.25) is 4.79 Å². The van der Waals surface area contributed by atoms with Crippen LogP contribution in [-0.4, -0.2) is 39.0 Å². The van der Waals surface area contributed by atoms with Crippen LogP contribution in [0.1, 0.15) is 5.56 Å². The molecule has 7 nitrogen and oxygen atoms in total.